The predicted octanol–water partition coefficient (Wildman–Crippen LogP) is 3.97. The maximum Gasteiger partial charge on any atom is 0.319 e. The zero-order chi connectivity index (χ0) is 13.7. The van der Waals surface area contributed by atoms with E-state index < -0.39 is 0 Å². The van der Waals surface area contributed by atoms with Gasteiger partial charge in [0, 0.05) is 17.3 Å². The quantitative estimate of drug-likeness (QED) is 0.874. The zero-order valence-corrected chi connectivity index (χ0v) is 11.4. The number of rotatable bonds is 3. The van der Waals surface area contributed by atoms with Crippen molar-refractivity contribution in [1.82, 2.24) is 5.32 Å². The summed E-state index contributed by atoms with van der Waals surface area (Å²) in [5, 5.41) is 6.15. The molecule has 0 spiro atoms. The number of carbonyl (C=O) groups excluding carboxylic acids is 1. The number of benzene rings is 2. The van der Waals surface area contributed by atoms with Gasteiger partial charge in [0.1, 0.15) is 0 Å². The number of halogens is 1. The van der Waals surface area contributed by atoms with Gasteiger partial charge in [-0.1, -0.05) is 41.9 Å². The first-order chi connectivity index (χ1) is 9.15. The van der Waals surface area contributed by atoms with Crippen molar-refractivity contribution in [3.05, 3.63) is 64.7 Å². The number of anilines is 1. The van der Waals surface area contributed by atoms with Gasteiger partial charge in [-0.2, -0.15) is 0 Å². The molecule has 19 heavy (non-hydrogen) atoms. The first-order valence-corrected chi connectivity index (χ1v) is 6.38. The molecule has 0 aliphatic rings. The van der Waals surface area contributed by atoms with E-state index in [0.29, 0.717) is 17.3 Å². The number of nitrogens with one attached hydrogen (secondary N) is 2. The topological polar surface area (TPSA) is 41.1 Å². The predicted molar refractivity (Wildman–Crippen MR) is 78.5 cm³/mol. The molecular weight excluding hydrogens is 260 g/mol. The summed E-state index contributed by atoms with van der Waals surface area (Å²) in [5.74, 6) is 0. The molecule has 0 radical (unpaired) electrons. The monoisotopic (exact) mass is 274 g/mol. The highest BCUT2D eigenvalue weighted by Crippen LogP contribution is 2.14. The molecule has 2 amide bonds. The Morgan fingerprint density at radius 2 is 1.95 bits per heavy atom. The first-order valence-electron chi connectivity index (χ1n) is 6.00. The van der Waals surface area contributed by atoms with E-state index in [9.17, 15) is 4.79 Å². The number of urea groups is 1. The van der Waals surface area contributed by atoms with Crippen molar-refractivity contribution >= 4 is 23.3 Å². The molecule has 2 aromatic rings. The number of carbonyl (C=O) groups is 1. The maximum absolute atomic E-state index is 11.7. The Morgan fingerprint density at radius 3 is 2.68 bits per heavy atom. The van der Waals surface area contributed by atoms with E-state index in [1.54, 1.807) is 24.3 Å². The van der Waals surface area contributed by atoms with Gasteiger partial charge in [0.15, 0.2) is 0 Å². The molecule has 2 N–H and O–H groups in total. The van der Waals surface area contributed by atoms with Gasteiger partial charge in [0.25, 0.3) is 0 Å². The van der Waals surface area contributed by atoms with Crippen molar-refractivity contribution in [1.29, 1.82) is 0 Å². The second-order valence-electron chi connectivity index (χ2n) is 4.24. The Balaban J connectivity index is 1.90. The Hall–Kier alpha value is -2.00. The average Bonchev–Trinajstić information content (AvgIpc) is 2.38. The highest BCUT2D eigenvalue weighted by molar-refractivity contribution is 6.30. The number of aryl methyl sites for hydroxylation is 1. The summed E-state index contributed by atoms with van der Waals surface area (Å²) in [6, 6.07) is 14.8. The highest BCUT2D eigenvalue weighted by atomic mass is 35.5. The van der Waals surface area contributed by atoms with Crippen LogP contribution in [0.15, 0.2) is 48.5 Å². The van der Waals surface area contributed by atoms with Crippen molar-refractivity contribution in [3.63, 3.8) is 0 Å². The second kappa shape index (κ2) is 6.25. The lowest BCUT2D eigenvalue weighted by Crippen LogP contribution is -2.28. The molecule has 0 saturated heterocycles. The van der Waals surface area contributed by atoms with Crippen LogP contribution in [0.5, 0.6) is 0 Å². The lowest BCUT2D eigenvalue weighted by molar-refractivity contribution is 0.251. The fourth-order valence-corrected chi connectivity index (χ4v) is 1.92. The van der Waals surface area contributed by atoms with Crippen molar-refractivity contribution in [3.8, 4) is 0 Å². The van der Waals surface area contributed by atoms with Gasteiger partial charge in [-0.05, 0) is 36.2 Å². The molecule has 0 bridgehead atoms. The van der Waals surface area contributed by atoms with Gasteiger partial charge in [-0.25, -0.2) is 4.79 Å². The summed E-state index contributed by atoms with van der Waals surface area (Å²) in [7, 11) is 0. The molecule has 0 fully saturated rings. The van der Waals surface area contributed by atoms with E-state index >= 15 is 0 Å². The van der Waals surface area contributed by atoms with Gasteiger partial charge in [0.05, 0.1) is 0 Å². The van der Waals surface area contributed by atoms with Crippen LogP contribution in [0, 0.1) is 6.92 Å². The van der Waals surface area contributed by atoms with Crippen molar-refractivity contribution < 1.29 is 4.79 Å². The van der Waals surface area contributed by atoms with E-state index in [-0.39, 0.29) is 6.03 Å². The average molecular weight is 275 g/mol. The van der Waals surface area contributed by atoms with E-state index in [0.717, 1.165) is 11.1 Å². The third-order valence-corrected chi connectivity index (χ3v) is 3.02. The Kier molecular flexibility index (Phi) is 4.42. The maximum atomic E-state index is 11.7. The van der Waals surface area contributed by atoms with E-state index in [2.05, 4.69) is 10.6 Å². The molecule has 0 heterocycles. The fourth-order valence-electron chi connectivity index (χ4n) is 1.73. The van der Waals surface area contributed by atoms with E-state index in [1.807, 2.05) is 31.2 Å². The first kappa shape index (κ1) is 13.4. The Morgan fingerprint density at radius 1 is 1.16 bits per heavy atom. The van der Waals surface area contributed by atoms with Crippen molar-refractivity contribution in [2.24, 2.45) is 0 Å². The Bertz CT molecular complexity index is 584. The smallest absolute Gasteiger partial charge is 0.319 e. The lowest BCUT2D eigenvalue weighted by Gasteiger charge is -2.09. The molecule has 98 valence electrons. The summed E-state index contributed by atoms with van der Waals surface area (Å²) in [5.41, 5.74) is 2.93. The van der Waals surface area contributed by atoms with Crippen LogP contribution < -0.4 is 10.6 Å². The molecule has 2 rings (SSSR count). The summed E-state index contributed by atoms with van der Waals surface area (Å²) in [6.07, 6.45) is 0. The summed E-state index contributed by atoms with van der Waals surface area (Å²) in [4.78, 5) is 11.7. The van der Waals surface area contributed by atoms with Crippen LogP contribution in [-0.4, -0.2) is 6.03 Å². The summed E-state index contributed by atoms with van der Waals surface area (Å²) >= 11 is 5.85. The number of hydrogen-bond donors (Lipinski definition) is 2. The molecule has 0 aliphatic carbocycles. The fraction of sp³-hybridized carbons (Fsp3) is 0.133. The second-order valence-corrected chi connectivity index (χ2v) is 4.68. The van der Waals surface area contributed by atoms with Gasteiger partial charge >= 0.3 is 6.03 Å². The van der Waals surface area contributed by atoms with Crippen LogP contribution in [0.4, 0.5) is 10.5 Å². The highest BCUT2D eigenvalue weighted by Gasteiger charge is 2.03. The third kappa shape index (κ3) is 4.00. The normalized spacial score (nSPS) is 10.0. The van der Waals surface area contributed by atoms with Gasteiger partial charge in [-0.15, -0.1) is 0 Å². The van der Waals surface area contributed by atoms with Gasteiger partial charge in [0.2, 0.25) is 0 Å². The minimum Gasteiger partial charge on any atom is -0.334 e. The van der Waals surface area contributed by atoms with Crippen LogP contribution in [0.3, 0.4) is 0 Å². The van der Waals surface area contributed by atoms with Crippen molar-refractivity contribution in [2.75, 3.05) is 5.32 Å². The van der Waals surface area contributed by atoms with Crippen LogP contribution >= 0.6 is 11.6 Å². The summed E-state index contributed by atoms with van der Waals surface area (Å²) < 4.78 is 0. The molecule has 0 aromatic heterocycles. The van der Waals surface area contributed by atoms with Crippen LogP contribution in [0.1, 0.15) is 11.1 Å². The van der Waals surface area contributed by atoms with Gasteiger partial charge < -0.3 is 10.6 Å². The van der Waals surface area contributed by atoms with Crippen LogP contribution in [0.2, 0.25) is 5.02 Å². The number of amides is 2. The van der Waals surface area contributed by atoms with E-state index in [1.165, 1.54) is 0 Å². The van der Waals surface area contributed by atoms with E-state index in [4.69, 9.17) is 11.6 Å². The molecule has 4 heteroatoms. The van der Waals surface area contributed by atoms with Crippen LogP contribution in [-0.2, 0) is 6.54 Å². The largest absolute Gasteiger partial charge is 0.334 e. The Labute approximate surface area is 117 Å². The third-order valence-electron chi connectivity index (χ3n) is 2.78. The molecule has 0 saturated carbocycles. The molecule has 0 unspecified atom stereocenters. The van der Waals surface area contributed by atoms with Gasteiger partial charge in [-0.3, -0.25) is 0 Å². The standard InChI is InChI=1S/C15H15ClN2O/c1-11-5-2-3-6-12(11)10-17-15(19)18-14-8-4-7-13(16)9-14/h2-9H,10H2,1H3,(H2,17,18,19). The molecule has 2 aromatic carbocycles. The molecule has 0 atom stereocenters. The zero-order valence-electron chi connectivity index (χ0n) is 10.6. The minimum atomic E-state index is -0.245. The van der Waals surface area contributed by atoms with Crippen LogP contribution in [0.25, 0.3) is 0 Å². The minimum absolute atomic E-state index is 0.245. The molecular formula is C15H15ClN2O. The van der Waals surface area contributed by atoms with Crippen molar-refractivity contribution in [2.45, 2.75) is 13.5 Å². The molecule has 0 aliphatic heterocycles. The SMILES string of the molecule is Cc1ccccc1CNC(=O)Nc1cccc(Cl)c1. The number of hydrogen-bond acceptors (Lipinski definition) is 1. The summed E-state index contributed by atoms with van der Waals surface area (Å²) in [6.45, 7) is 2.52. The molecule has 3 nitrogen and oxygen atoms in total. The lowest BCUT2D eigenvalue weighted by atomic mass is 10.1.